The molecule has 2 aliphatic carbocycles. The van der Waals surface area contributed by atoms with Crippen LogP contribution in [0.3, 0.4) is 0 Å². The third-order valence-corrected chi connectivity index (χ3v) is 12.9. The van der Waals surface area contributed by atoms with Gasteiger partial charge >= 0.3 is 24.3 Å². The number of aliphatic carboxylic acids is 2. The molecule has 0 aliphatic heterocycles. The lowest BCUT2D eigenvalue weighted by atomic mass is 10.1. The summed E-state index contributed by atoms with van der Waals surface area (Å²) < 4.78 is 96.4. The second-order valence-electron chi connectivity index (χ2n) is 17.6. The van der Waals surface area contributed by atoms with E-state index in [1.54, 1.807) is 72.8 Å². The average Bonchev–Trinajstić information content (AvgIpc) is 4.15. The lowest BCUT2D eigenvalue weighted by Gasteiger charge is -2.16. The van der Waals surface area contributed by atoms with Gasteiger partial charge in [0.05, 0.1) is 17.6 Å². The second-order valence-corrected chi connectivity index (χ2v) is 23.2. The molecule has 0 amide bonds. The van der Waals surface area contributed by atoms with Crippen LogP contribution in [0.2, 0.25) is 25.7 Å². The number of pyridine rings is 2. The number of imidazole rings is 2. The van der Waals surface area contributed by atoms with Crippen LogP contribution in [0.4, 0.5) is 26.3 Å². The Labute approximate surface area is 375 Å². The number of carboxylic acid groups (broad SMARTS) is 2. The van der Waals surface area contributed by atoms with Gasteiger partial charge < -0.3 is 34.0 Å². The van der Waals surface area contributed by atoms with Crippen LogP contribution in [0.25, 0.3) is 45.3 Å². The number of benzene rings is 2. The smallest absolute Gasteiger partial charge is 0.434 e. The summed E-state index contributed by atoms with van der Waals surface area (Å²) >= 11 is 0. The van der Waals surface area contributed by atoms with Crippen LogP contribution in [0, 0.1) is 10.8 Å². The van der Waals surface area contributed by atoms with Gasteiger partial charge in [0.25, 0.3) is 0 Å². The van der Waals surface area contributed by atoms with Crippen molar-refractivity contribution in [3.63, 3.8) is 0 Å². The number of aromatic nitrogens is 6. The molecule has 2 aromatic carbocycles. The van der Waals surface area contributed by atoms with Gasteiger partial charge in [-0.15, -0.1) is 0 Å². The summed E-state index contributed by atoms with van der Waals surface area (Å²) in [6, 6.07) is 21.7. The summed E-state index contributed by atoms with van der Waals surface area (Å²) in [5.74, 6) is -0.327. The van der Waals surface area contributed by atoms with Crippen LogP contribution in [0.1, 0.15) is 37.1 Å². The number of carbonyl (C=O) groups is 2. The average molecular weight is 937 g/mol. The van der Waals surface area contributed by atoms with E-state index in [0.29, 0.717) is 66.3 Å². The van der Waals surface area contributed by atoms with E-state index >= 15 is 0 Å². The maximum absolute atomic E-state index is 13.4. The molecule has 0 spiro atoms. The van der Waals surface area contributed by atoms with E-state index in [4.69, 9.17) is 19.3 Å². The zero-order chi connectivity index (χ0) is 47.5. The number of H-pyrrole nitrogens is 1. The molecule has 13 nitrogen and oxygen atoms in total. The van der Waals surface area contributed by atoms with E-state index in [0.717, 1.165) is 29.6 Å². The Morgan fingerprint density at radius 1 is 0.682 bits per heavy atom. The Kier molecular flexibility index (Phi) is 13.5. The Balaban J connectivity index is 0.000000202. The molecular formula is C46H46F6N6O7Si. The van der Waals surface area contributed by atoms with Crippen LogP contribution < -0.4 is 9.47 Å². The highest BCUT2D eigenvalue weighted by molar-refractivity contribution is 6.76. The van der Waals surface area contributed by atoms with E-state index in [2.05, 4.69) is 44.6 Å². The fourth-order valence-electron chi connectivity index (χ4n) is 6.46. The molecule has 2 fully saturated rings. The Bertz CT molecular complexity index is 2620. The van der Waals surface area contributed by atoms with E-state index in [1.807, 2.05) is 0 Å². The van der Waals surface area contributed by atoms with Crippen molar-refractivity contribution in [1.82, 2.24) is 29.5 Å². The highest BCUT2D eigenvalue weighted by Crippen LogP contribution is 2.47. The number of nitrogens with one attached hydrogen (secondary N) is 1. The van der Waals surface area contributed by atoms with Crippen molar-refractivity contribution in [2.45, 2.75) is 70.5 Å². The number of aromatic amines is 1. The third-order valence-electron chi connectivity index (χ3n) is 11.2. The second kappa shape index (κ2) is 18.7. The lowest BCUT2D eigenvalue weighted by molar-refractivity contribution is -0.145. The molecule has 4 heterocycles. The Hall–Kier alpha value is -6.54. The zero-order valence-electron chi connectivity index (χ0n) is 36.0. The minimum Gasteiger partial charge on any atom is -0.492 e. The van der Waals surface area contributed by atoms with Crippen LogP contribution in [-0.2, 0) is 33.4 Å². The predicted molar refractivity (Wildman–Crippen MR) is 232 cm³/mol. The summed E-state index contributed by atoms with van der Waals surface area (Å²) in [7, 11) is -1.33. The maximum Gasteiger partial charge on any atom is 0.434 e. The lowest BCUT2D eigenvalue weighted by Crippen LogP contribution is -2.22. The third kappa shape index (κ3) is 11.8. The Morgan fingerprint density at radius 3 is 1.56 bits per heavy atom. The van der Waals surface area contributed by atoms with Crippen LogP contribution in [0.5, 0.6) is 11.5 Å². The van der Waals surface area contributed by atoms with Gasteiger partial charge in [-0.2, -0.15) is 26.3 Å². The van der Waals surface area contributed by atoms with Crippen molar-refractivity contribution >= 4 is 20.0 Å². The summed E-state index contributed by atoms with van der Waals surface area (Å²) in [6.07, 6.45) is -1.93. The first-order chi connectivity index (χ1) is 31.1. The quantitative estimate of drug-likeness (QED) is 0.0451. The van der Waals surface area contributed by atoms with Crippen molar-refractivity contribution in [2.75, 3.05) is 19.8 Å². The van der Waals surface area contributed by atoms with E-state index < -0.39 is 54.6 Å². The fraction of sp³-hybridized carbons (Fsp3) is 0.348. The van der Waals surface area contributed by atoms with Crippen LogP contribution >= 0.6 is 0 Å². The molecule has 0 radical (unpaired) electrons. The first kappa shape index (κ1) is 47.4. The molecule has 4 aromatic heterocycles. The van der Waals surface area contributed by atoms with Gasteiger partial charge in [-0.05, 0) is 105 Å². The number of carboxylic acids is 2. The summed E-state index contributed by atoms with van der Waals surface area (Å²) in [5, 5.41) is 18.4. The first-order valence-electron chi connectivity index (χ1n) is 20.8. The number of hydrogen-bond donors (Lipinski definition) is 3. The van der Waals surface area contributed by atoms with Crippen molar-refractivity contribution in [3.8, 4) is 56.8 Å². The number of alkyl halides is 6. The molecule has 0 saturated heterocycles. The summed E-state index contributed by atoms with van der Waals surface area (Å²) in [4.78, 5) is 41.0. The van der Waals surface area contributed by atoms with Gasteiger partial charge in [0.15, 0.2) is 5.69 Å². The van der Waals surface area contributed by atoms with Crippen molar-refractivity contribution in [3.05, 3.63) is 109 Å². The summed E-state index contributed by atoms with van der Waals surface area (Å²) in [5.41, 5.74) is 0.290. The summed E-state index contributed by atoms with van der Waals surface area (Å²) in [6.45, 7) is 7.32. The minimum absolute atomic E-state index is 0.0325. The van der Waals surface area contributed by atoms with Crippen molar-refractivity contribution in [2.24, 2.45) is 10.8 Å². The normalized spacial score (nSPS) is 15.0. The monoisotopic (exact) mass is 936 g/mol. The topological polar surface area (TPSA) is 175 Å². The molecule has 6 aromatic rings. The molecule has 2 aliphatic rings. The molecule has 0 atom stereocenters. The molecule has 2 saturated carbocycles. The van der Waals surface area contributed by atoms with Gasteiger partial charge in [0.1, 0.15) is 59.6 Å². The van der Waals surface area contributed by atoms with Gasteiger partial charge in [-0.1, -0.05) is 19.6 Å². The maximum atomic E-state index is 13.4. The van der Waals surface area contributed by atoms with Gasteiger partial charge in [0.2, 0.25) is 0 Å². The largest absolute Gasteiger partial charge is 0.492 e. The van der Waals surface area contributed by atoms with E-state index in [9.17, 15) is 41.0 Å². The van der Waals surface area contributed by atoms with Gasteiger partial charge in [0, 0.05) is 55.5 Å². The van der Waals surface area contributed by atoms with Crippen molar-refractivity contribution < 1.29 is 60.4 Å². The predicted octanol–water partition coefficient (Wildman–Crippen LogP) is 10.6. The van der Waals surface area contributed by atoms with Crippen LogP contribution in [-0.4, -0.2) is 79.5 Å². The molecule has 3 N–H and O–H groups in total. The van der Waals surface area contributed by atoms with Gasteiger partial charge in [-0.25, -0.2) is 9.97 Å². The molecule has 20 heteroatoms. The molecule has 0 bridgehead atoms. The number of halogens is 6. The SMILES string of the molecule is C[Si](C)(C)CCOCn1cc(C(F)(F)F)nc1-c1ccc(-c2ccc(OCC3(C(=O)O)CC3)cc2)nc1.O=C(O)C1(COc2ccc(-c3ccc(-c4ncc(C(F)(F)F)[nH]4)cn3)cc2)CC1. The Morgan fingerprint density at radius 2 is 1.17 bits per heavy atom. The van der Waals surface area contributed by atoms with E-state index in [1.165, 1.54) is 17.0 Å². The number of rotatable bonds is 17. The molecule has 0 unspecified atom stereocenters. The number of hydrogen-bond acceptors (Lipinski definition) is 9. The van der Waals surface area contributed by atoms with Crippen molar-refractivity contribution in [1.29, 1.82) is 0 Å². The van der Waals surface area contributed by atoms with E-state index in [-0.39, 0.29) is 31.6 Å². The van der Waals surface area contributed by atoms with Crippen LogP contribution in [0.15, 0.2) is 97.6 Å². The molecular weight excluding hydrogens is 891 g/mol. The highest BCUT2D eigenvalue weighted by atomic mass is 28.3. The number of nitrogens with zero attached hydrogens (tertiary/aromatic N) is 5. The minimum atomic E-state index is -4.57. The fourth-order valence-corrected chi connectivity index (χ4v) is 7.22. The number of ether oxygens (including phenoxy) is 3. The molecule has 66 heavy (non-hydrogen) atoms. The first-order valence-corrected chi connectivity index (χ1v) is 24.5. The zero-order valence-corrected chi connectivity index (χ0v) is 37.0. The molecule has 348 valence electrons. The van der Waals surface area contributed by atoms with Gasteiger partial charge in [-0.3, -0.25) is 19.6 Å². The standard InChI is InChI=1S/C26H30F3N3O4Si.C20H16F3N3O3/c1-37(2,3)13-12-35-17-32-15-22(26(27,28)29)31-23(32)19-6-9-21(30-14-19)18-4-7-20(8-5-18)36-16-25(10-11-25)24(33)34;21-20(22,23)16-10-25-17(26-16)13-3-6-15(24-9-13)12-1-4-14(5-2-12)29-11-19(7-8-19)18(27)28/h4-9,14-15H,10-13,16-17H2,1-3H3,(H,33,34);1-6,9-10H,7-8,11H2,(H,25,26)(H,27,28). The molecule has 8 rings (SSSR count). The highest BCUT2D eigenvalue weighted by Gasteiger charge is 2.52.